The van der Waals surface area contributed by atoms with Crippen LogP contribution in [0.1, 0.15) is 31.4 Å². The summed E-state index contributed by atoms with van der Waals surface area (Å²) >= 11 is 0. The Labute approximate surface area is 137 Å². The molecule has 0 saturated carbocycles. The molecule has 1 aliphatic rings. The molecule has 0 radical (unpaired) electrons. The zero-order chi connectivity index (χ0) is 17.3. The van der Waals surface area contributed by atoms with Crippen molar-refractivity contribution in [2.45, 2.75) is 32.0 Å². The predicted molar refractivity (Wildman–Crippen MR) is 85.9 cm³/mol. The molecule has 1 aromatic carbocycles. The zero-order valence-electron chi connectivity index (χ0n) is 13.4. The number of hydrogen-bond donors (Lipinski definition) is 1. The molecule has 0 bridgehead atoms. The number of alkyl halides is 3. The second-order valence-corrected chi connectivity index (χ2v) is 6.12. The lowest BCUT2D eigenvalue weighted by molar-refractivity contribution is -0.137. The molecule has 1 aliphatic heterocycles. The van der Waals surface area contributed by atoms with Crippen molar-refractivity contribution < 1.29 is 13.2 Å². The smallest absolute Gasteiger partial charge is 0.306 e. The number of halogens is 3. The van der Waals surface area contributed by atoms with E-state index >= 15 is 0 Å². The van der Waals surface area contributed by atoms with Crippen molar-refractivity contribution >= 4 is 0 Å². The fourth-order valence-corrected chi connectivity index (χ4v) is 3.20. The summed E-state index contributed by atoms with van der Waals surface area (Å²) in [6.07, 6.45) is -1.02. The molecule has 3 rings (SSSR count). The number of likely N-dealkylation sites (tertiary alicyclic amines) is 1. The third-order valence-electron chi connectivity index (χ3n) is 4.64. The molecule has 24 heavy (non-hydrogen) atoms. The summed E-state index contributed by atoms with van der Waals surface area (Å²) in [5, 5.41) is 0. The molecule has 0 aliphatic carbocycles. The second kappa shape index (κ2) is 6.47. The Balaban J connectivity index is 1.86. The molecule has 1 aromatic heterocycles. The topological polar surface area (TPSA) is 41.0 Å². The number of aromatic amines is 1. The first-order valence-corrected chi connectivity index (χ1v) is 8.09. The minimum atomic E-state index is -4.40. The third-order valence-corrected chi connectivity index (χ3v) is 4.64. The number of nitrogens with zero attached hydrogens (tertiary/aromatic N) is 2. The van der Waals surface area contributed by atoms with Gasteiger partial charge in [0.2, 0.25) is 0 Å². The standard InChI is InChI=1S/C17H20F3N3O/c1-2-22-8-6-14(7-9-22)23-11-15(21-16(23)24)12-4-3-5-13(10-12)17(18,19)20/h3-5,10-11,14H,2,6-9H2,1H3,(H,21,24). The molecule has 0 atom stereocenters. The maximum absolute atomic E-state index is 12.8. The van der Waals surface area contributed by atoms with E-state index in [1.54, 1.807) is 16.8 Å². The van der Waals surface area contributed by atoms with Crippen LogP contribution in [0.25, 0.3) is 11.3 Å². The Hall–Kier alpha value is -2.02. The maximum Gasteiger partial charge on any atom is 0.416 e. The molecule has 0 amide bonds. The van der Waals surface area contributed by atoms with Gasteiger partial charge < -0.3 is 9.88 Å². The van der Waals surface area contributed by atoms with Crippen molar-refractivity contribution in [3.8, 4) is 11.3 Å². The number of aromatic nitrogens is 2. The lowest BCUT2D eigenvalue weighted by Crippen LogP contribution is -2.36. The first kappa shape index (κ1) is 16.8. The number of benzene rings is 1. The Morgan fingerprint density at radius 2 is 1.96 bits per heavy atom. The van der Waals surface area contributed by atoms with Crippen LogP contribution < -0.4 is 5.69 Å². The molecule has 130 valence electrons. The summed E-state index contributed by atoms with van der Waals surface area (Å²) in [5.41, 5.74) is -0.196. The van der Waals surface area contributed by atoms with Gasteiger partial charge in [0.15, 0.2) is 0 Å². The largest absolute Gasteiger partial charge is 0.416 e. The first-order valence-electron chi connectivity index (χ1n) is 8.09. The Morgan fingerprint density at radius 3 is 2.58 bits per heavy atom. The number of hydrogen-bond acceptors (Lipinski definition) is 2. The molecule has 1 N–H and O–H groups in total. The van der Waals surface area contributed by atoms with Gasteiger partial charge in [-0.25, -0.2) is 4.79 Å². The number of piperidine rings is 1. The first-order chi connectivity index (χ1) is 11.4. The van der Waals surface area contributed by atoms with Crippen LogP contribution in [0.5, 0.6) is 0 Å². The van der Waals surface area contributed by atoms with Gasteiger partial charge in [-0.3, -0.25) is 4.57 Å². The number of nitrogens with one attached hydrogen (secondary N) is 1. The molecule has 2 aromatic rings. The summed E-state index contributed by atoms with van der Waals surface area (Å²) in [5.74, 6) is 0. The van der Waals surface area contributed by atoms with Gasteiger partial charge in [-0.2, -0.15) is 13.2 Å². The maximum atomic E-state index is 12.8. The third kappa shape index (κ3) is 3.40. The fourth-order valence-electron chi connectivity index (χ4n) is 3.20. The average molecular weight is 339 g/mol. The van der Waals surface area contributed by atoms with Crippen LogP contribution in [-0.2, 0) is 6.18 Å². The molecular weight excluding hydrogens is 319 g/mol. The molecule has 4 nitrogen and oxygen atoms in total. The van der Waals surface area contributed by atoms with Crippen LogP contribution in [-0.4, -0.2) is 34.1 Å². The van der Waals surface area contributed by atoms with Gasteiger partial charge in [0.05, 0.1) is 11.3 Å². The van der Waals surface area contributed by atoms with E-state index in [2.05, 4.69) is 16.8 Å². The van der Waals surface area contributed by atoms with Gasteiger partial charge in [0, 0.05) is 30.9 Å². The van der Waals surface area contributed by atoms with Crippen LogP contribution in [0.2, 0.25) is 0 Å². The highest BCUT2D eigenvalue weighted by molar-refractivity contribution is 5.59. The number of rotatable bonds is 3. The second-order valence-electron chi connectivity index (χ2n) is 6.12. The average Bonchev–Trinajstić information content (AvgIpc) is 2.96. The van der Waals surface area contributed by atoms with Gasteiger partial charge in [-0.15, -0.1) is 0 Å². The minimum absolute atomic E-state index is 0.0936. The summed E-state index contributed by atoms with van der Waals surface area (Å²) in [4.78, 5) is 17.2. The SMILES string of the molecule is CCN1CCC(n2cc(-c3cccc(C(F)(F)F)c3)[nH]c2=O)CC1. The number of H-pyrrole nitrogens is 1. The van der Waals surface area contributed by atoms with Gasteiger partial charge >= 0.3 is 11.9 Å². The number of imidazole rings is 1. The van der Waals surface area contributed by atoms with Gasteiger partial charge in [0.1, 0.15) is 0 Å². The van der Waals surface area contributed by atoms with E-state index in [1.807, 2.05) is 0 Å². The van der Waals surface area contributed by atoms with E-state index in [9.17, 15) is 18.0 Å². The highest BCUT2D eigenvalue weighted by Crippen LogP contribution is 2.32. The molecule has 2 heterocycles. The Morgan fingerprint density at radius 1 is 1.25 bits per heavy atom. The summed E-state index contributed by atoms with van der Waals surface area (Å²) in [6, 6.07) is 5.11. The lowest BCUT2D eigenvalue weighted by atomic mass is 10.0. The molecule has 1 saturated heterocycles. The van der Waals surface area contributed by atoms with Gasteiger partial charge in [-0.1, -0.05) is 19.1 Å². The van der Waals surface area contributed by atoms with Crippen LogP contribution in [0.3, 0.4) is 0 Å². The van der Waals surface area contributed by atoms with E-state index in [0.29, 0.717) is 11.3 Å². The van der Waals surface area contributed by atoms with Crippen LogP contribution in [0.15, 0.2) is 35.3 Å². The summed E-state index contributed by atoms with van der Waals surface area (Å²) in [7, 11) is 0. The van der Waals surface area contributed by atoms with Crippen molar-refractivity contribution in [3.05, 3.63) is 46.5 Å². The molecule has 0 unspecified atom stereocenters. The van der Waals surface area contributed by atoms with E-state index in [1.165, 1.54) is 6.07 Å². The van der Waals surface area contributed by atoms with E-state index in [4.69, 9.17) is 0 Å². The Kier molecular flexibility index (Phi) is 4.54. The lowest BCUT2D eigenvalue weighted by Gasteiger charge is -2.31. The van der Waals surface area contributed by atoms with E-state index in [0.717, 1.165) is 44.6 Å². The van der Waals surface area contributed by atoms with Crippen molar-refractivity contribution in [1.29, 1.82) is 0 Å². The van der Waals surface area contributed by atoms with Crippen LogP contribution >= 0.6 is 0 Å². The Bertz CT molecular complexity index is 755. The van der Waals surface area contributed by atoms with Gasteiger partial charge in [0.25, 0.3) is 0 Å². The molecule has 1 fully saturated rings. The van der Waals surface area contributed by atoms with E-state index in [-0.39, 0.29) is 11.7 Å². The molecular formula is C17H20F3N3O. The van der Waals surface area contributed by atoms with Crippen molar-refractivity contribution in [2.24, 2.45) is 0 Å². The highest BCUT2D eigenvalue weighted by atomic mass is 19.4. The quantitative estimate of drug-likeness (QED) is 0.930. The van der Waals surface area contributed by atoms with Gasteiger partial charge in [-0.05, 0) is 31.5 Å². The molecule has 7 heteroatoms. The zero-order valence-corrected chi connectivity index (χ0v) is 13.4. The molecule has 0 spiro atoms. The van der Waals surface area contributed by atoms with Crippen molar-refractivity contribution in [1.82, 2.24) is 14.5 Å². The summed E-state index contributed by atoms with van der Waals surface area (Å²) in [6.45, 7) is 4.95. The monoisotopic (exact) mass is 339 g/mol. The van der Waals surface area contributed by atoms with E-state index < -0.39 is 11.7 Å². The van der Waals surface area contributed by atoms with Crippen molar-refractivity contribution in [2.75, 3.05) is 19.6 Å². The van der Waals surface area contributed by atoms with Crippen LogP contribution in [0.4, 0.5) is 13.2 Å². The van der Waals surface area contributed by atoms with Crippen molar-refractivity contribution in [3.63, 3.8) is 0 Å². The minimum Gasteiger partial charge on any atom is -0.306 e. The normalized spacial score (nSPS) is 17.3. The highest BCUT2D eigenvalue weighted by Gasteiger charge is 2.30. The van der Waals surface area contributed by atoms with Crippen LogP contribution in [0, 0.1) is 0 Å². The predicted octanol–water partition coefficient (Wildman–Crippen LogP) is 3.52. The summed E-state index contributed by atoms with van der Waals surface area (Å²) < 4.78 is 40.2. The fraction of sp³-hybridized carbons (Fsp3) is 0.471.